The summed E-state index contributed by atoms with van der Waals surface area (Å²) in [7, 11) is -2.98. The van der Waals surface area contributed by atoms with Crippen LogP contribution in [0.2, 0.25) is 0 Å². The fourth-order valence-corrected chi connectivity index (χ4v) is 3.59. The molecule has 1 N–H and O–H groups in total. The molecule has 0 amide bonds. The molecule has 2 fully saturated rings. The van der Waals surface area contributed by atoms with E-state index >= 15 is 0 Å². The molecule has 70 valence electrons. The van der Waals surface area contributed by atoms with Gasteiger partial charge >= 0.3 is 0 Å². The van der Waals surface area contributed by atoms with Gasteiger partial charge in [0.25, 0.3) is 0 Å². The highest BCUT2D eigenvalue weighted by molar-refractivity contribution is 7.91. The van der Waals surface area contributed by atoms with Crippen LogP contribution in [-0.4, -0.2) is 43.3 Å². The smallest absolute Gasteiger partial charge is 0.153 e. The molecule has 0 aromatic heterocycles. The summed E-state index contributed by atoms with van der Waals surface area (Å²) in [4.78, 5) is 0. The van der Waals surface area contributed by atoms with E-state index in [-0.39, 0.29) is 17.6 Å². The van der Waals surface area contributed by atoms with Gasteiger partial charge in [0.05, 0.1) is 29.8 Å². The zero-order valence-electron chi connectivity index (χ0n) is 6.69. The summed E-state index contributed by atoms with van der Waals surface area (Å²) < 4.78 is 27.0. The van der Waals surface area contributed by atoms with Crippen LogP contribution in [0.4, 0.5) is 0 Å². The van der Waals surface area contributed by atoms with E-state index in [1.54, 1.807) is 0 Å². The standard InChI is InChI=1S/C7H12O4S/c8-7(3-6-4-11-6)1-2-12(9,10)5-7/h6,8H,1-5H2. The van der Waals surface area contributed by atoms with Gasteiger partial charge in [-0.05, 0) is 6.42 Å². The van der Waals surface area contributed by atoms with Crippen LogP contribution < -0.4 is 0 Å². The normalized spacial score (nSPS) is 44.6. The van der Waals surface area contributed by atoms with E-state index in [0.717, 1.165) is 0 Å². The Balaban J connectivity index is 2.03. The third-order valence-electron chi connectivity index (χ3n) is 2.38. The topological polar surface area (TPSA) is 66.9 Å². The first-order valence-electron chi connectivity index (χ1n) is 4.04. The molecular formula is C7H12O4S. The fraction of sp³-hybridized carbons (Fsp3) is 1.00. The predicted molar refractivity (Wildman–Crippen MR) is 42.6 cm³/mol. The van der Waals surface area contributed by atoms with Gasteiger partial charge in [-0.2, -0.15) is 0 Å². The predicted octanol–water partition coefficient (Wildman–Crippen LogP) is -0.675. The molecule has 2 heterocycles. The lowest BCUT2D eigenvalue weighted by Gasteiger charge is -2.18. The maximum absolute atomic E-state index is 11.0. The van der Waals surface area contributed by atoms with Gasteiger partial charge in [0.15, 0.2) is 9.84 Å². The number of hydrogen-bond acceptors (Lipinski definition) is 4. The summed E-state index contributed by atoms with van der Waals surface area (Å²) >= 11 is 0. The fourth-order valence-electron chi connectivity index (χ4n) is 1.67. The summed E-state index contributed by atoms with van der Waals surface area (Å²) in [5.74, 6) is 0.0378. The molecule has 0 aliphatic carbocycles. The van der Waals surface area contributed by atoms with Crippen molar-refractivity contribution in [1.82, 2.24) is 0 Å². The lowest BCUT2D eigenvalue weighted by molar-refractivity contribution is 0.0504. The second-order valence-electron chi connectivity index (χ2n) is 3.73. The minimum absolute atomic E-state index is 0.0835. The van der Waals surface area contributed by atoms with Crippen LogP contribution in [-0.2, 0) is 14.6 Å². The van der Waals surface area contributed by atoms with Crippen LogP contribution >= 0.6 is 0 Å². The van der Waals surface area contributed by atoms with E-state index in [1.165, 1.54) is 0 Å². The van der Waals surface area contributed by atoms with Gasteiger partial charge < -0.3 is 9.84 Å². The Labute approximate surface area is 71.5 Å². The summed E-state index contributed by atoms with van der Waals surface area (Å²) in [5.41, 5.74) is -1.00. The summed E-state index contributed by atoms with van der Waals surface area (Å²) in [6.45, 7) is 0.669. The van der Waals surface area contributed by atoms with Crippen LogP contribution in [0.1, 0.15) is 12.8 Å². The van der Waals surface area contributed by atoms with E-state index in [2.05, 4.69) is 0 Å². The minimum Gasteiger partial charge on any atom is -0.389 e. The van der Waals surface area contributed by atoms with Crippen molar-refractivity contribution in [3.63, 3.8) is 0 Å². The number of rotatable bonds is 2. The third-order valence-corrected chi connectivity index (χ3v) is 4.18. The molecule has 0 bridgehead atoms. The van der Waals surface area contributed by atoms with Crippen LogP contribution in [0, 0.1) is 0 Å². The van der Waals surface area contributed by atoms with Crippen molar-refractivity contribution in [2.45, 2.75) is 24.5 Å². The van der Waals surface area contributed by atoms with E-state index in [9.17, 15) is 13.5 Å². The molecule has 2 saturated heterocycles. The molecule has 2 unspecified atom stereocenters. The molecule has 2 aliphatic heterocycles. The Bertz CT molecular complexity index is 280. The summed E-state index contributed by atoms with van der Waals surface area (Å²) in [5, 5.41) is 9.78. The Morgan fingerprint density at radius 3 is 2.67 bits per heavy atom. The second kappa shape index (κ2) is 2.43. The van der Waals surface area contributed by atoms with Crippen molar-refractivity contribution >= 4 is 9.84 Å². The first kappa shape index (κ1) is 8.47. The Kier molecular flexibility index (Phi) is 1.72. The molecule has 0 aromatic rings. The number of sulfone groups is 1. The van der Waals surface area contributed by atoms with Gasteiger partial charge in [0, 0.05) is 6.42 Å². The average Bonchev–Trinajstić information content (AvgIpc) is 2.62. The van der Waals surface area contributed by atoms with E-state index < -0.39 is 15.4 Å². The van der Waals surface area contributed by atoms with Gasteiger partial charge in [-0.1, -0.05) is 0 Å². The molecule has 12 heavy (non-hydrogen) atoms. The molecule has 5 heteroatoms. The maximum atomic E-state index is 11.0. The molecule has 2 rings (SSSR count). The van der Waals surface area contributed by atoms with Crippen LogP contribution in [0.3, 0.4) is 0 Å². The highest BCUT2D eigenvalue weighted by atomic mass is 32.2. The van der Waals surface area contributed by atoms with Crippen LogP contribution in [0.25, 0.3) is 0 Å². The number of aliphatic hydroxyl groups is 1. The van der Waals surface area contributed by atoms with E-state index in [1.807, 2.05) is 0 Å². The summed E-state index contributed by atoms with van der Waals surface area (Å²) in [6, 6.07) is 0. The zero-order chi connectivity index (χ0) is 8.82. The lowest BCUT2D eigenvalue weighted by atomic mass is 9.98. The monoisotopic (exact) mass is 192 g/mol. The minimum atomic E-state index is -2.98. The van der Waals surface area contributed by atoms with E-state index in [0.29, 0.717) is 19.4 Å². The van der Waals surface area contributed by atoms with Gasteiger partial charge in [0.2, 0.25) is 0 Å². The molecule has 0 saturated carbocycles. The second-order valence-corrected chi connectivity index (χ2v) is 5.91. The third kappa shape index (κ3) is 1.78. The molecule has 2 atom stereocenters. The van der Waals surface area contributed by atoms with Crippen molar-refractivity contribution in [3.8, 4) is 0 Å². The number of ether oxygens (including phenoxy) is 1. The highest BCUT2D eigenvalue weighted by Gasteiger charge is 2.44. The lowest BCUT2D eigenvalue weighted by Crippen LogP contribution is -2.31. The molecule has 4 nitrogen and oxygen atoms in total. The quantitative estimate of drug-likeness (QED) is 0.589. The number of hydrogen-bond donors (Lipinski definition) is 1. The van der Waals surface area contributed by atoms with Crippen LogP contribution in [0.5, 0.6) is 0 Å². The van der Waals surface area contributed by atoms with Crippen LogP contribution in [0.15, 0.2) is 0 Å². The SMILES string of the molecule is O=S1(=O)CCC(O)(CC2CO2)C1. The van der Waals surface area contributed by atoms with E-state index in [4.69, 9.17) is 4.74 Å². The van der Waals surface area contributed by atoms with Gasteiger partial charge in [-0.15, -0.1) is 0 Å². The van der Waals surface area contributed by atoms with Gasteiger partial charge in [0.1, 0.15) is 0 Å². The molecule has 0 spiro atoms. The number of epoxide rings is 1. The molecule has 2 aliphatic rings. The Hall–Kier alpha value is -0.130. The van der Waals surface area contributed by atoms with Gasteiger partial charge in [-0.25, -0.2) is 8.42 Å². The van der Waals surface area contributed by atoms with Crippen molar-refractivity contribution in [2.24, 2.45) is 0 Å². The summed E-state index contributed by atoms with van der Waals surface area (Å²) in [6.07, 6.45) is 0.949. The molecule has 0 aromatic carbocycles. The zero-order valence-corrected chi connectivity index (χ0v) is 7.51. The van der Waals surface area contributed by atoms with Crippen molar-refractivity contribution in [3.05, 3.63) is 0 Å². The van der Waals surface area contributed by atoms with Crippen molar-refractivity contribution in [1.29, 1.82) is 0 Å². The van der Waals surface area contributed by atoms with Gasteiger partial charge in [-0.3, -0.25) is 0 Å². The maximum Gasteiger partial charge on any atom is 0.153 e. The first-order chi connectivity index (χ1) is 5.49. The largest absolute Gasteiger partial charge is 0.389 e. The molecular weight excluding hydrogens is 180 g/mol. The first-order valence-corrected chi connectivity index (χ1v) is 5.86. The Morgan fingerprint density at radius 2 is 2.25 bits per heavy atom. The molecule has 0 radical (unpaired) electrons. The van der Waals surface area contributed by atoms with Crippen molar-refractivity contribution < 1.29 is 18.3 Å². The Morgan fingerprint density at radius 1 is 1.58 bits per heavy atom. The van der Waals surface area contributed by atoms with Crippen molar-refractivity contribution in [2.75, 3.05) is 18.1 Å². The highest BCUT2D eigenvalue weighted by Crippen LogP contribution is 2.31. The average molecular weight is 192 g/mol.